The fraction of sp³-hybridized carbons (Fsp3) is 0.217. The van der Waals surface area contributed by atoms with Crippen molar-refractivity contribution in [3.05, 3.63) is 65.7 Å². The van der Waals surface area contributed by atoms with Crippen LogP contribution in [0.1, 0.15) is 36.8 Å². The van der Waals surface area contributed by atoms with E-state index in [4.69, 9.17) is 0 Å². The van der Waals surface area contributed by atoms with Crippen molar-refractivity contribution in [2.24, 2.45) is 7.05 Å². The van der Waals surface area contributed by atoms with Crippen LogP contribution in [0.5, 0.6) is 5.75 Å². The first-order valence-electron chi connectivity index (χ1n) is 9.04. The molecule has 1 unspecified atom stereocenters. The van der Waals surface area contributed by atoms with Crippen molar-refractivity contribution < 1.29 is 5.11 Å². The summed E-state index contributed by atoms with van der Waals surface area (Å²) in [5.74, 6) is 0.791. The molecule has 1 N–H and O–H groups in total. The van der Waals surface area contributed by atoms with E-state index in [2.05, 4.69) is 61.0 Å². The predicted octanol–water partition coefficient (Wildman–Crippen LogP) is 5.95. The number of hydrogen-bond acceptors (Lipinski definition) is 1. The number of hydrogen-bond donors (Lipinski definition) is 1. The van der Waals surface area contributed by atoms with E-state index in [0.717, 1.165) is 23.6 Å². The Hall–Kier alpha value is -2.74. The Kier molecular flexibility index (Phi) is 2.99. The van der Waals surface area contributed by atoms with Gasteiger partial charge in [-0.3, -0.25) is 0 Å². The second-order valence-electron chi connectivity index (χ2n) is 7.09. The molecule has 0 spiro atoms. The molecule has 2 nitrogen and oxygen atoms in total. The maximum Gasteiger partial charge on any atom is 0.126 e. The monoisotopic (exact) mass is 327 g/mol. The van der Waals surface area contributed by atoms with E-state index in [-0.39, 0.29) is 0 Å². The van der Waals surface area contributed by atoms with Gasteiger partial charge in [-0.2, -0.15) is 0 Å². The largest absolute Gasteiger partial charge is 0.507 e. The van der Waals surface area contributed by atoms with E-state index in [0.29, 0.717) is 11.7 Å². The molecule has 0 bridgehead atoms. The molecule has 1 atom stereocenters. The second kappa shape index (κ2) is 5.13. The van der Waals surface area contributed by atoms with Crippen molar-refractivity contribution in [1.29, 1.82) is 0 Å². The lowest BCUT2D eigenvalue weighted by molar-refractivity contribution is 0.482. The zero-order valence-electron chi connectivity index (χ0n) is 14.6. The highest BCUT2D eigenvalue weighted by molar-refractivity contribution is 6.14. The predicted molar refractivity (Wildman–Crippen MR) is 104 cm³/mol. The van der Waals surface area contributed by atoms with Gasteiger partial charge in [-0.05, 0) is 40.8 Å². The molecule has 3 aromatic carbocycles. The third-order valence-electron chi connectivity index (χ3n) is 5.74. The molecule has 4 aromatic rings. The summed E-state index contributed by atoms with van der Waals surface area (Å²) in [7, 11) is 2.12. The number of fused-ring (bicyclic) bond motifs is 7. The number of para-hydroxylation sites is 1. The van der Waals surface area contributed by atoms with Crippen molar-refractivity contribution in [1.82, 2.24) is 4.57 Å². The van der Waals surface area contributed by atoms with Gasteiger partial charge in [0.2, 0.25) is 0 Å². The van der Waals surface area contributed by atoms with Gasteiger partial charge in [0.1, 0.15) is 5.75 Å². The highest BCUT2D eigenvalue weighted by atomic mass is 16.3. The summed E-state index contributed by atoms with van der Waals surface area (Å²) in [5.41, 5.74) is 7.62. The Balaban J connectivity index is 1.99. The average Bonchev–Trinajstić information content (AvgIpc) is 3.10. The van der Waals surface area contributed by atoms with E-state index in [1.165, 1.54) is 33.3 Å². The first kappa shape index (κ1) is 14.6. The molecule has 0 saturated carbocycles. The van der Waals surface area contributed by atoms with Gasteiger partial charge in [0, 0.05) is 29.3 Å². The Morgan fingerprint density at radius 3 is 2.60 bits per heavy atom. The van der Waals surface area contributed by atoms with Gasteiger partial charge in [-0.25, -0.2) is 0 Å². The number of aromatic hydroxyl groups is 1. The van der Waals surface area contributed by atoms with Crippen LogP contribution < -0.4 is 0 Å². The standard InChI is InChI=1S/C23H21NO/c1-3-8-16-14-9-4-5-10-15(14)18-13-20(25)22-17-11-6-7-12-19(17)24(2)23(22)21(16)18/h4-7,9-13,16,25H,3,8H2,1-2H3. The van der Waals surface area contributed by atoms with Crippen molar-refractivity contribution in [2.75, 3.05) is 0 Å². The topological polar surface area (TPSA) is 25.2 Å². The summed E-state index contributed by atoms with van der Waals surface area (Å²) in [6, 6.07) is 19.0. The first-order valence-corrected chi connectivity index (χ1v) is 9.04. The van der Waals surface area contributed by atoms with Gasteiger partial charge in [-0.1, -0.05) is 55.8 Å². The summed E-state index contributed by atoms with van der Waals surface area (Å²) in [5, 5.41) is 13.0. The zero-order chi connectivity index (χ0) is 17.1. The van der Waals surface area contributed by atoms with E-state index in [9.17, 15) is 5.11 Å². The zero-order valence-corrected chi connectivity index (χ0v) is 14.6. The highest BCUT2D eigenvalue weighted by Crippen LogP contribution is 2.52. The number of nitrogens with zero attached hydrogens (tertiary/aromatic N) is 1. The molecule has 1 heterocycles. The van der Waals surface area contributed by atoms with Crippen molar-refractivity contribution in [3.63, 3.8) is 0 Å². The molecule has 1 aromatic heterocycles. The van der Waals surface area contributed by atoms with Gasteiger partial charge < -0.3 is 9.67 Å². The van der Waals surface area contributed by atoms with Crippen LogP contribution in [0.25, 0.3) is 32.9 Å². The normalized spacial score (nSPS) is 15.7. The Morgan fingerprint density at radius 1 is 1.00 bits per heavy atom. The fourth-order valence-corrected chi connectivity index (χ4v) is 4.75. The summed E-state index contributed by atoms with van der Waals surface area (Å²) >= 11 is 0. The van der Waals surface area contributed by atoms with Crippen LogP contribution in [-0.4, -0.2) is 9.67 Å². The van der Waals surface area contributed by atoms with Gasteiger partial charge in [-0.15, -0.1) is 0 Å². The number of phenolic OH excluding ortho intramolecular Hbond substituents is 1. The van der Waals surface area contributed by atoms with Gasteiger partial charge in [0.25, 0.3) is 0 Å². The Morgan fingerprint density at radius 2 is 1.76 bits per heavy atom. The number of rotatable bonds is 2. The highest BCUT2D eigenvalue weighted by Gasteiger charge is 2.32. The van der Waals surface area contributed by atoms with Crippen LogP contribution in [-0.2, 0) is 7.05 Å². The third-order valence-corrected chi connectivity index (χ3v) is 5.74. The lowest BCUT2D eigenvalue weighted by Crippen LogP contribution is -1.99. The Bertz CT molecular complexity index is 1140. The van der Waals surface area contributed by atoms with Gasteiger partial charge in [0.05, 0.1) is 5.52 Å². The minimum Gasteiger partial charge on any atom is -0.507 e. The smallest absolute Gasteiger partial charge is 0.126 e. The number of aromatic nitrogens is 1. The van der Waals surface area contributed by atoms with E-state index < -0.39 is 0 Å². The van der Waals surface area contributed by atoms with E-state index in [1.54, 1.807) is 0 Å². The molecule has 1 aliphatic rings. The fourth-order valence-electron chi connectivity index (χ4n) is 4.75. The maximum atomic E-state index is 10.9. The number of benzene rings is 3. The number of phenols is 1. The molecule has 1 aliphatic carbocycles. The second-order valence-corrected chi connectivity index (χ2v) is 7.09. The molecule has 0 aliphatic heterocycles. The minimum atomic E-state index is 0.387. The van der Waals surface area contributed by atoms with Crippen molar-refractivity contribution >= 4 is 21.8 Å². The van der Waals surface area contributed by atoms with Crippen LogP contribution in [0, 0.1) is 0 Å². The Labute approximate surface area is 147 Å². The molecule has 2 heteroatoms. The van der Waals surface area contributed by atoms with E-state index in [1.807, 2.05) is 12.1 Å². The lowest BCUT2D eigenvalue weighted by atomic mass is 9.91. The van der Waals surface area contributed by atoms with Crippen LogP contribution in [0.3, 0.4) is 0 Å². The summed E-state index contributed by atoms with van der Waals surface area (Å²) in [6.45, 7) is 2.25. The SMILES string of the molecule is CCCC1c2ccccc2-c2cc(O)c3c4ccccc4n(C)c3c21. The summed E-state index contributed by atoms with van der Waals surface area (Å²) in [4.78, 5) is 0. The van der Waals surface area contributed by atoms with E-state index >= 15 is 0 Å². The molecule has 5 rings (SSSR count). The minimum absolute atomic E-state index is 0.387. The third kappa shape index (κ3) is 1.80. The molecular weight excluding hydrogens is 306 g/mol. The van der Waals surface area contributed by atoms with Crippen LogP contribution in [0.15, 0.2) is 54.6 Å². The molecule has 0 radical (unpaired) electrons. The molecule has 0 saturated heterocycles. The van der Waals surface area contributed by atoms with Crippen LogP contribution >= 0.6 is 0 Å². The molecule has 0 amide bonds. The molecular formula is C23H21NO. The molecule has 124 valence electrons. The van der Waals surface area contributed by atoms with Gasteiger partial charge in [0.15, 0.2) is 0 Å². The molecule has 0 fully saturated rings. The van der Waals surface area contributed by atoms with Crippen molar-refractivity contribution in [3.8, 4) is 16.9 Å². The summed E-state index contributed by atoms with van der Waals surface area (Å²) in [6.07, 6.45) is 2.27. The molecule has 25 heavy (non-hydrogen) atoms. The quantitative estimate of drug-likeness (QED) is 0.483. The van der Waals surface area contributed by atoms with Gasteiger partial charge >= 0.3 is 0 Å². The van der Waals surface area contributed by atoms with Crippen molar-refractivity contribution in [2.45, 2.75) is 25.7 Å². The average molecular weight is 327 g/mol. The maximum absolute atomic E-state index is 10.9. The lowest BCUT2D eigenvalue weighted by Gasteiger charge is -2.15. The van der Waals surface area contributed by atoms with Crippen LogP contribution in [0.2, 0.25) is 0 Å². The first-order chi connectivity index (χ1) is 12.2. The van der Waals surface area contributed by atoms with Crippen LogP contribution in [0.4, 0.5) is 0 Å². The summed E-state index contributed by atoms with van der Waals surface area (Å²) < 4.78 is 2.26. The number of aryl methyl sites for hydroxylation is 1.